The molecule has 1 aromatic rings. The second-order valence-electron chi connectivity index (χ2n) is 5.14. The van der Waals surface area contributed by atoms with Crippen molar-refractivity contribution in [3.8, 4) is 0 Å². The van der Waals surface area contributed by atoms with Crippen molar-refractivity contribution in [3.05, 3.63) is 27.3 Å². The van der Waals surface area contributed by atoms with Crippen molar-refractivity contribution in [1.82, 2.24) is 4.90 Å². The number of carbonyl (C=O) groups is 1. The first kappa shape index (κ1) is 14.7. The summed E-state index contributed by atoms with van der Waals surface area (Å²) in [6, 6.07) is 6.23. The molecule has 1 saturated heterocycles. The molecule has 0 aromatic heterocycles. The molecule has 1 aromatic carbocycles. The predicted molar refractivity (Wildman–Crippen MR) is 86.2 cm³/mol. The first-order valence-electron chi connectivity index (χ1n) is 6.58. The molecule has 5 heteroatoms. The van der Waals surface area contributed by atoms with Gasteiger partial charge in [-0.1, -0.05) is 0 Å². The zero-order chi connectivity index (χ0) is 13.8. The van der Waals surface area contributed by atoms with Crippen molar-refractivity contribution in [1.29, 1.82) is 0 Å². The first-order valence-corrected chi connectivity index (χ1v) is 7.66. The van der Waals surface area contributed by atoms with Crippen molar-refractivity contribution >= 4 is 34.2 Å². The molecule has 19 heavy (non-hydrogen) atoms. The summed E-state index contributed by atoms with van der Waals surface area (Å²) in [6.45, 7) is 4.22. The average Bonchev–Trinajstić information content (AvgIpc) is 2.33. The normalized spacial score (nSPS) is 20.3. The van der Waals surface area contributed by atoms with E-state index in [1.807, 2.05) is 19.1 Å². The van der Waals surface area contributed by atoms with Crippen LogP contribution in [0.5, 0.6) is 0 Å². The van der Waals surface area contributed by atoms with Gasteiger partial charge in [-0.15, -0.1) is 0 Å². The lowest BCUT2D eigenvalue weighted by Gasteiger charge is -2.30. The Hall–Kier alpha value is -0.660. The van der Waals surface area contributed by atoms with Gasteiger partial charge in [0.2, 0.25) is 5.91 Å². The van der Waals surface area contributed by atoms with Gasteiger partial charge in [0.25, 0.3) is 0 Å². The van der Waals surface area contributed by atoms with Gasteiger partial charge in [0.05, 0.1) is 6.54 Å². The van der Waals surface area contributed by atoms with Gasteiger partial charge in [-0.3, -0.25) is 9.69 Å². The molecular formula is C14H20IN3O. The van der Waals surface area contributed by atoms with Gasteiger partial charge in [-0.05, 0) is 72.7 Å². The third-order valence-electron chi connectivity index (χ3n) is 3.37. The van der Waals surface area contributed by atoms with E-state index in [9.17, 15) is 4.79 Å². The Morgan fingerprint density at radius 2 is 2.37 bits per heavy atom. The Balaban J connectivity index is 1.90. The quantitative estimate of drug-likeness (QED) is 0.797. The van der Waals surface area contributed by atoms with E-state index in [2.05, 4.69) is 38.9 Å². The minimum Gasteiger partial charge on any atom is -0.327 e. The number of nitrogens with two attached hydrogens (primary N) is 1. The van der Waals surface area contributed by atoms with Gasteiger partial charge in [-0.25, -0.2) is 0 Å². The zero-order valence-corrected chi connectivity index (χ0v) is 13.3. The molecule has 0 radical (unpaired) electrons. The van der Waals surface area contributed by atoms with Crippen LogP contribution in [-0.2, 0) is 4.79 Å². The molecule has 0 spiro atoms. The van der Waals surface area contributed by atoms with Gasteiger partial charge in [0.15, 0.2) is 0 Å². The number of benzene rings is 1. The van der Waals surface area contributed by atoms with Crippen molar-refractivity contribution < 1.29 is 4.79 Å². The zero-order valence-electron chi connectivity index (χ0n) is 11.2. The van der Waals surface area contributed by atoms with Gasteiger partial charge >= 0.3 is 0 Å². The maximum absolute atomic E-state index is 12.0. The van der Waals surface area contributed by atoms with Gasteiger partial charge in [0.1, 0.15) is 0 Å². The van der Waals surface area contributed by atoms with E-state index in [4.69, 9.17) is 5.73 Å². The molecule has 1 aliphatic heterocycles. The number of nitrogens with one attached hydrogen (secondary N) is 1. The minimum atomic E-state index is 0.0402. The maximum Gasteiger partial charge on any atom is 0.238 e. The SMILES string of the molecule is Cc1cc(I)ccc1NC(=O)CN1CCCC(N)C1. The molecule has 1 amide bonds. The highest BCUT2D eigenvalue weighted by atomic mass is 127. The van der Waals surface area contributed by atoms with Crippen molar-refractivity contribution in [2.75, 3.05) is 25.0 Å². The molecule has 0 saturated carbocycles. The van der Waals surface area contributed by atoms with E-state index in [0.717, 1.165) is 37.2 Å². The van der Waals surface area contributed by atoms with Crippen LogP contribution in [0.1, 0.15) is 18.4 Å². The first-order chi connectivity index (χ1) is 9.04. The molecule has 3 N–H and O–H groups in total. The highest BCUT2D eigenvalue weighted by Gasteiger charge is 2.18. The summed E-state index contributed by atoms with van der Waals surface area (Å²) in [5.74, 6) is 0.0402. The highest BCUT2D eigenvalue weighted by Crippen LogP contribution is 2.17. The Morgan fingerprint density at radius 3 is 3.05 bits per heavy atom. The van der Waals surface area contributed by atoms with Gasteiger partial charge in [-0.2, -0.15) is 0 Å². The Kier molecular flexibility index (Phi) is 5.18. The molecule has 1 aliphatic rings. The second-order valence-corrected chi connectivity index (χ2v) is 6.39. The Labute approximate surface area is 127 Å². The Bertz CT molecular complexity index is 464. The van der Waals surface area contributed by atoms with Crippen LogP contribution < -0.4 is 11.1 Å². The smallest absolute Gasteiger partial charge is 0.238 e. The van der Waals surface area contributed by atoms with Crippen LogP contribution in [0.4, 0.5) is 5.69 Å². The van der Waals surface area contributed by atoms with E-state index in [-0.39, 0.29) is 11.9 Å². The minimum absolute atomic E-state index is 0.0402. The Morgan fingerprint density at radius 1 is 1.58 bits per heavy atom. The summed E-state index contributed by atoms with van der Waals surface area (Å²) in [5, 5.41) is 2.97. The van der Waals surface area contributed by atoms with Crippen LogP contribution in [0.15, 0.2) is 18.2 Å². The molecule has 0 bridgehead atoms. The van der Waals surface area contributed by atoms with Crippen LogP contribution in [0.2, 0.25) is 0 Å². The van der Waals surface area contributed by atoms with Crippen LogP contribution >= 0.6 is 22.6 Å². The third kappa shape index (κ3) is 4.43. The number of carbonyl (C=O) groups excluding carboxylic acids is 1. The lowest BCUT2D eigenvalue weighted by Crippen LogP contribution is -2.45. The van der Waals surface area contributed by atoms with Gasteiger partial charge < -0.3 is 11.1 Å². The molecule has 1 atom stereocenters. The molecule has 104 valence electrons. The molecule has 1 heterocycles. The number of likely N-dealkylation sites (tertiary alicyclic amines) is 1. The molecular weight excluding hydrogens is 353 g/mol. The fourth-order valence-corrected chi connectivity index (χ4v) is 3.04. The van der Waals surface area contributed by atoms with E-state index in [1.165, 1.54) is 3.57 Å². The van der Waals surface area contributed by atoms with E-state index in [1.54, 1.807) is 0 Å². The van der Waals surface area contributed by atoms with Crippen LogP contribution in [0, 0.1) is 10.5 Å². The standard InChI is InChI=1S/C14H20IN3O/c1-10-7-11(15)4-5-13(10)17-14(19)9-18-6-2-3-12(16)8-18/h4-5,7,12H,2-3,6,8-9,16H2,1H3,(H,17,19). The molecule has 2 rings (SSSR count). The largest absolute Gasteiger partial charge is 0.327 e. The number of hydrogen-bond donors (Lipinski definition) is 2. The summed E-state index contributed by atoms with van der Waals surface area (Å²) in [4.78, 5) is 14.2. The third-order valence-corrected chi connectivity index (χ3v) is 4.04. The fourth-order valence-electron chi connectivity index (χ4n) is 2.40. The monoisotopic (exact) mass is 373 g/mol. The summed E-state index contributed by atoms with van der Waals surface area (Å²) in [6.07, 6.45) is 2.14. The van der Waals surface area contributed by atoms with Crippen LogP contribution in [0.3, 0.4) is 0 Å². The number of rotatable bonds is 3. The topological polar surface area (TPSA) is 58.4 Å². The summed E-state index contributed by atoms with van der Waals surface area (Å²) < 4.78 is 1.18. The van der Waals surface area contributed by atoms with E-state index >= 15 is 0 Å². The lowest BCUT2D eigenvalue weighted by molar-refractivity contribution is -0.117. The second kappa shape index (κ2) is 6.67. The number of piperidine rings is 1. The van der Waals surface area contributed by atoms with Gasteiger partial charge in [0, 0.05) is 21.8 Å². The fraction of sp³-hybridized carbons (Fsp3) is 0.500. The van der Waals surface area contributed by atoms with Crippen LogP contribution in [-0.4, -0.2) is 36.5 Å². The maximum atomic E-state index is 12.0. The average molecular weight is 373 g/mol. The predicted octanol–water partition coefficient (Wildman–Crippen LogP) is 1.96. The lowest BCUT2D eigenvalue weighted by atomic mass is 10.1. The van der Waals surface area contributed by atoms with Crippen LogP contribution in [0.25, 0.3) is 0 Å². The summed E-state index contributed by atoms with van der Waals surface area (Å²) in [7, 11) is 0. The molecule has 1 unspecified atom stereocenters. The van der Waals surface area contributed by atoms with E-state index < -0.39 is 0 Å². The van der Waals surface area contributed by atoms with Crippen molar-refractivity contribution in [2.45, 2.75) is 25.8 Å². The number of nitrogens with zero attached hydrogens (tertiary/aromatic N) is 1. The number of amides is 1. The van der Waals surface area contributed by atoms with E-state index in [0.29, 0.717) is 6.54 Å². The summed E-state index contributed by atoms with van der Waals surface area (Å²) in [5.41, 5.74) is 7.91. The number of anilines is 1. The molecule has 1 fully saturated rings. The highest BCUT2D eigenvalue weighted by molar-refractivity contribution is 14.1. The summed E-state index contributed by atoms with van der Waals surface area (Å²) >= 11 is 2.27. The van der Waals surface area contributed by atoms with Crippen molar-refractivity contribution in [3.63, 3.8) is 0 Å². The van der Waals surface area contributed by atoms with Crippen molar-refractivity contribution in [2.24, 2.45) is 5.73 Å². The molecule has 0 aliphatic carbocycles. The number of hydrogen-bond acceptors (Lipinski definition) is 3. The molecule has 4 nitrogen and oxygen atoms in total. The number of aryl methyl sites for hydroxylation is 1. The number of halogens is 1.